The van der Waals surface area contributed by atoms with E-state index in [4.69, 9.17) is 0 Å². The smallest absolute Gasteiger partial charge is 0.242 e. The molecule has 0 bridgehead atoms. The van der Waals surface area contributed by atoms with E-state index in [1.807, 2.05) is 6.07 Å². The molecule has 0 radical (unpaired) electrons. The van der Waals surface area contributed by atoms with Crippen molar-refractivity contribution < 1.29 is 4.79 Å². The lowest BCUT2D eigenvalue weighted by Gasteiger charge is -2.28. The van der Waals surface area contributed by atoms with E-state index in [-0.39, 0.29) is 11.9 Å². The highest BCUT2D eigenvalue weighted by Gasteiger charge is 2.29. The van der Waals surface area contributed by atoms with E-state index in [9.17, 15) is 4.79 Å². The SMILES string of the molecule is CC1CCCC1NC(=O)C1CCc2ccccc2N1. The lowest BCUT2D eigenvalue weighted by atomic mass is 9.97. The van der Waals surface area contributed by atoms with Gasteiger partial charge in [0.25, 0.3) is 0 Å². The number of hydrogen-bond acceptors (Lipinski definition) is 2. The van der Waals surface area contributed by atoms with Crippen molar-refractivity contribution in [1.82, 2.24) is 5.32 Å². The van der Waals surface area contributed by atoms with Gasteiger partial charge in [0, 0.05) is 11.7 Å². The number of amides is 1. The van der Waals surface area contributed by atoms with Gasteiger partial charge in [-0.1, -0.05) is 31.5 Å². The molecule has 0 saturated heterocycles. The normalized spacial score (nSPS) is 29.4. The number of rotatable bonds is 2. The second kappa shape index (κ2) is 5.24. The molecule has 1 aromatic rings. The average Bonchev–Trinajstić information content (AvgIpc) is 2.84. The summed E-state index contributed by atoms with van der Waals surface area (Å²) in [5, 5.41) is 6.60. The number of aryl methyl sites for hydroxylation is 1. The summed E-state index contributed by atoms with van der Waals surface area (Å²) in [6, 6.07) is 8.59. The van der Waals surface area contributed by atoms with Gasteiger partial charge < -0.3 is 10.6 Å². The number of anilines is 1. The van der Waals surface area contributed by atoms with Crippen LogP contribution >= 0.6 is 0 Å². The van der Waals surface area contributed by atoms with Crippen molar-refractivity contribution in [2.75, 3.05) is 5.32 Å². The fourth-order valence-electron chi connectivity index (χ4n) is 3.28. The Hall–Kier alpha value is -1.51. The Morgan fingerprint density at radius 2 is 2.11 bits per heavy atom. The molecule has 1 amide bonds. The average molecular weight is 258 g/mol. The van der Waals surface area contributed by atoms with Crippen LogP contribution in [0, 0.1) is 5.92 Å². The van der Waals surface area contributed by atoms with Crippen LogP contribution in [0.5, 0.6) is 0 Å². The number of hydrogen-bond donors (Lipinski definition) is 2. The molecule has 0 aromatic heterocycles. The quantitative estimate of drug-likeness (QED) is 0.856. The summed E-state index contributed by atoms with van der Waals surface area (Å²) in [6.45, 7) is 2.24. The van der Waals surface area contributed by atoms with Crippen LogP contribution in [0.25, 0.3) is 0 Å². The molecule has 1 aliphatic carbocycles. The Morgan fingerprint density at radius 3 is 2.89 bits per heavy atom. The number of para-hydroxylation sites is 1. The minimum Gasteiger partial charge on any atom is -0.373 e. The highest BCUT2D eigenvalue weighted by molar-refractivity contribution is 5.85. The van der Waals surface area contributed by atoms with Crippen molar-refractivity contribution in [2.45, 2.75) is 51.1 Å². The summed E-state index contributed by atoms with van der Waals surface area (Å²) < 4.78 is 0. The molecule has 3 nitrogen and oxygen atoms in total. The predicted molar refractivity (Wildman–Crippen MR) is 77.1 cm³/mol. The van der Waals surface area contributed by atoms with Crippen molar-refractivity contribution >= 4 is 11.6 Å². The number of carbonyl (C=O) groups is 1. The largest absolute Gasteiger partial charge is 0.373 e. The third kappa shape index (κ3) is 2.60. The monoisotopic (exact) mass is 258 g/mol. The van der Waals surface area contributed by atoms with Gasteiger partial charge in [-0.25, -0.2) is 0 Å². The number of nitrogens with one attached hydrogen (secondary N) is 2. The van der Waals surface area contributed by atoms with Gasteiger partial charge in [-0.3, -0.25) is 4.79 Å². The Bertz CT molecular complexity index is 472. The Kier molecular flexibility index (Phi) is 3.45. The molecule has 0 spiro atoms. The van der Waals surface area contributed by atoms with Gasteiger partial charge in [0.15, 0.2) is 0 Å². The Morgan fingerprint density at radius 1 is 1.26 bits per heavy atom. The third-order valence-corrected chi connectivity index (χ3v) is 4.56. The van der Waals surface area contributed by atoms with Crippen molar-refractivity contribution in [1.29, 1.82) is 0 Å². The van der Waals surface area contributed by atoms with Crippen molar-refractivity contribution in [3.63, 3.8) is 0 Å². The minimum atomic E-state index is -0.0669. The molecule has 1 aliphatic heterocycles. The fraction of sp³-hybridized carbons (Fsp3) is 0.562. The first-order chi connectivity index (χ1) is 9.24. The second-order valence-electron chi connectivity index (χ2n) is 5.92. The van der Waals surface area contributed by atoms with Gasteiger partial charge in [0.05, 0.1) is 0 Å². The van der Waals surface area contributed by atoms with E-state index < -0.39 is 0 Å². The minimum absolute atomic E-state index is 0.0669. The molecule has 1 fully saturated rings. The van der Waals surface area contributed by atoms with Crippen LogP contribution in [0.1, 0.15) is 38.2 Å². The van der Waals surface area contributed by atoms with Crippen LogP contribution in [-0.4, -0.2) is 18.0 Å². The molecule has 3 atom stereocenters. The molecule has 3 rings (SSSR count). The fourth-order valence-corrected chi connectivity index (χ4v) is 3.28. The van der Waals surface area contributed by atoms with Gasteiger partial charge in [-0.15, -0.1) is 0 Å². The first-order valence-corrected chi connectivity index (χ1v) is 7.39. The topological polar surface area (TPSA) is 41.1 Å². The molecule has 1 saturated carbocycles. The van der Waals surface area contributed by atoms with Gasteiger partial charge in [0.2, 0.25) is 5.91 Å². The van der Waals surface area contributed by atoms with E-state index in [1.165, 1.54) is 18.4 Å². The van der Waals surface area contributed by atoms with Gasteiger partial charge >= 0.3 is 0 Å². The van der Waals surface area contributed by atoms with E-state index in [0.717, 1.165) is 24.9 Å². The predicted octanol–water partition coefficient (Wildman–Crippen LogP) is 2.72. The maximum atomic E-state index is 12.3. The summed E-state index contributed by atoms with van der Waals surface area (Å²) in [7, 11) is 0. The lowest BCUT2D eigenvalue weighted by Crippen LogP contribution is -2.46. The number of benzene rings is 1. The van der Waals surface area contributed by atoms with Crippen LogP contribution in [0.3, 0.4) is 0 Å². The molecular weight excluding hydrogens is 236 g/mol. The molecule has 1 aromatic carbocycles. The van der Waals surface area contributed by atoms with Crippen LogP contribution in [0.15, 0.2) is 24.3 Å². The summed E-state index contributed by atoms with van der Waals surface area (Å²) in [5.41, 5.74) is 2.44. The molecule has 3 heteroatoms. The molecule has 1 heterocycles. The van der Waals surface area contributed by atoms with Crippen LogP contribution in [0.4, 0.5) is 5.69 Å². The van der Waals surface area contributed by atoms with Crippen LogP contribution < -0.4 is 10.6 Å². The van der Waals surface area contributed by atoms with Gasteiger partial charge in [-0.05, 0) is 43.2 Å². The van der Waals surface area contributed by atoms with Crippen LogP contribution in [-0.2, 0) is 11.2 Å². The summed E-state index contributed by atoms with van der Waals surface area (Å²) in [6.07, 6.45) is 5.50. The highest BCUT2D eigenvalue weighted by atomic mass is 16.2. The van der Waals surface area contributed by atoms with E-state index in [1.54, 1.807) is 0 Å². The zero-order valence-corrected chi connectivity index (χ0v) is 11.5. The molecule has 19 heavy (non-hydrogen) atoms. The van der Waals surface area contributed by atoms with E-state index in [0.29, 0.717) is 12.0 Å². The van der Waals surface area contributed by atoms with Crippen molar-refractivity contribution in [3.05, 3.63) is 29.8 Å². The van der Waals surface area contributed by atoms with Crippen molar-refractivity contribution in [3.8, 4) is 0 Å². The maximum Gasteiger partial charge on any atom is 0.242 e. The summed E-state index contributed by atoms with van der Waals surface area (Å²) in [4.78, 5) is 12.3. The van der Waals surface area contributed by atoms with Crippen molar-refractivity contribution in [2.24, 2.45) is 5.92 Å². The lowest BCUT2D eigenvalue weighted by molar-refractivity contribution is -0.122. The second-order valence-corrected chi connectivity index (χ2v) is 5.92. The number of carbonyl (C=O) groups excluding carboxylic acids is 1. The Labute approximate surface area is 114 Å². The van der Waals surface area contributed by atoms with Gasteiger partial charge in [0.1, 0.15) is 6.04 Å². The molecule has 3 unspecified atom stereocenters. The molecule has 2 aliphatic rings. The zero-order chi connectivity index (χ0) is 13.2. The molecule has 102 valence electrons. The maximum absolute atomic E-state index is 12.3. The van der Waals surface area contributed by atoms with E-state index >= 15 is 0 Å². The van der Waals surface area contributed by atoms with Crippen LogP contribution in [0.2, 0.25) is 0 Å². The summed E-state index contributed by atoms with van der Waals surface area (Å²) in [5.74, 6) is 0.799. The Balaban J connectivity index is 1.63. The molecule has 2 N–H and O–H groups in total. The number of fused-ring (bicyclic) bond motifs is 1. The first kappa shape index (κ1) is 12.5. The van der Waals surface area contributed by atoms with E-state index in [2.05, 4.69) is 35.8 Å². The van der Waals surface area contributed by atoms with Gasteiger partial charge in [-0.2, -0.15) is 0 Å². The standard InChI is InChI=1S/C16H22N2O/c1-11-5-4-8-13(11)18-16(19)15-10-9-12-6-2-3-7-14(12)17-15/h2-3,6-7,11,13,15,17H,4-5,8-10H2,1H3,(H,18,19). The highest BCUT2D eigenvalue weighted by Crippen LogP contribution is 2.27. The first-order valence-electron chi connectivity index (χ1n) is 7.39. The third-order valence-electron chi connectivity index (χ3n) is 4.56. The zero-order valence-electron chi connectivity index (χ0n) is 11.5. The molecular formula is C16H22N2O. The summed E-state index contributed by atoms with van der Waals surface area (Å²) >= 11 is 0.